The molecule has 2 rings (SSSR count). The Hall–Kier alpha value is -1.77. The second-order valence-corrected chi connectivity index (χ2v) is 7.12. The van der Waals surface area contributed by atoms with Crippen molar-refractivity contribution in [2.24, 2.45) is 0 Å². The zero-order chi connectivity index (χ0) is 19.1. The van der Waals surface area contributed by atoms with Gasteiger partial charge in [-0.3, -0.25) is 4.79 Å². The zero-order valence-electron chi connectivity index (χ0n) is 14.0. The van der Waals surface area contributed by atoms with Crippen molar-refractivity contribution in [2.75, 3.05) is 7.11 Å². The highest BCUT2D eigenvalue weighted by molar-refractivity contribution is 7.88. The Morgan fingerprint density at radius 3 is 1.96 bits per heavy atom. The fraction of sp³-hybridized carbons (Fsp3) is 0.562. The zero-order valence-corrected chi connectivity index (χ0v) is 14.8. The topological polar surface area (TPSA) is 69.7 Å². The normalized spacial score (nSPS) is 15.7. The molecular formula is C16H21F3O5S. The molecule has 142 valence electrons. The first-order valence-corrected chi connectivity index (χ1v) is 9.13. The van der Waals surface area contributed by atoms with E-state index in [2.05, 4.69) is 8.92 Å². The summed E-state index contributed by atoms with van der Waals surface area (Å²) in [6.07, 6.45) is 5.61. The molecule has 5 nitrogen and oxygen atoms in total. The van der Waals surface area contributed by atoms with Crippen LogP contribution < -0.4 is 4.18 Å². The summed E-state index contributed by atoms with van der Waals surface area (Å²) >= 11 is 0. The average molecular weight is 382 g/mol. The van der Waals surface area contributed by atoms with E-state index in [0.717, 1.165) is 31.2 Å². The Balaban J connectivity index is 0.000000550. The first-order chi connectivity index (χ1) is 11.6. The number of carbonyl (C=O) groups excluding carboxylic acids is 1. The van der Waals surface area contributed by atoms with Crippen molar-refractivity contribution in [3.8, 4) is 5.75 Å². The standard InChI is InChI=1S/C13H15F3O3S.C3H6O2/c14-13(15,16)20(17,18)19-12-8-6-11(7-9-12)10-4-2-1-3-5-10;1-3(4)5-2/h6-10H,1-5H2;1-2H3. The molecule has 9 heteroatoms. The van der Waals surface area contributed by atoms with E-state index in [1.54, 1.807) is 12.1 Å². The second-order valence-electron chi connectivity index (χ2n) is 5.58. The van der Waals surface area contributed by atoms with E-state index in [-0.39, 0.29) is 11.7 Å². The van der Waals surface area contributed by atoms with E-state index in [4.69, 9.17) is 0 Å². The molecule has 0 aliphatic heterocycles. The Kier molecular flexibility index (Phi) is 7.72. The van der Waals surface area contributed by atoms with E-state index in [9.17, 15) is 26.4 Å². The summed E-state index contributed by atoms with van der Waals surface area (Å²) in [5, 5.41) is 0. The third-order valence-electron chi connectivity index (χ3n) is 3.73. The van der Waals surface area contributed by atoms with Crippen molar-refractivity contribution in [1.82, 2.24) is 0 Å². The molecule has 0 unspecified atom stereocenters. The summed E-state index contributed by atoms with van der Waals surface area (Å²) in [4.78, 5) is 9.59. The predicted molar refractivity (Wildman–Crippen MR) is 85.6 cm³/mol. The monoisotopic (exact) mass is 382 g/mol. The first kappa shape index (κ1) is 21.3. The SMILES string of the molecule is COC(C)=O.O=S(=O)(Oc1ccc(C2CCCCC2)cc1)C(F)(F)F. The molecule has 25 heavy (non-hydrogen) atoms. The minimum absolute atomic E-state index is 0.245. The second kappa shape index (κ2) is 9.07. The van der Waals surface area contributed by atoms with E-state index in [1.165, 1.54) is 32.6 Å². The molecular weight excluding hydrogens is 361 g/mol. The van der Waals surface area contributed by atoms with Crippen molar-refractivity contribution in [1.29, 1.82) is 0 Å². The maximum Gasteiger partial charge on any atom is 0.534 e. The Bertz CT molecular complexity index is 647. The summed E-state index contributed by atoms with van der Waals surface area (Å²) < 4.78 is 66.4. The van der Waals surface area contributed by atoms with Gasteiger partial charge in [-0.1, -0.05) is 31.4 Å². The molecule has 0 saturated heterocycles. The van der Waals surface area contributed by atoms with Crippen molar-refractivity contribution >= 4 is 16.1 Å². The van der Waals surface area contributed by atoms with Crippen LogP contribution in [0.2, 0.25) is 0 Å². The van der Waals surface area contributed by atoms with Crippen molar-refractivity contribution < 1.29 is 35.3 Å². The van der Waals surface area contributed by atoms with Crippen LogP contribution in [0.15, 0.2) is 24.3 Å². The van der Waals surface area contributed by atoms with E-state index in [0.29, 0.717) is 5.92 Å². The highest BCUT2D eigenvalue weighted by Crippen LogP contribution is 2.34. The molecule has 1 saturated carbocycles. The van der Waals surface area contributed by atoms with Crippen LogP contribution >= 0.6 is 0 Å². The fourth-order valence-electron chi connectivity index (χ4n) is 2.41. The summed E-state index contributed by atoms with van der Waals surface area (Å²) in [6, 6.07) is 5.81. The number of ether oxygens (including phenoxy) is 1. The molecule has 1 fully saturated rings. The van der Waals surface area contributed by atoms with Crippen LogP contribution in [-0.2, 0) is 19.6 Å². The quantitative estimate of drug-likeness (QED) is 0.446. The van der Waals surface area contributed by atoms with Gasteiger partial charge in [0.1, 0.15) is 5.75 Å². The smallest absolute Gasteiger partial charge is 0.469 e. The lowest BCUT2D eigenvalue weighted by Crippen LogP contribution is -2.28. The van der Waals surface area contributed by atoms with Crippen LogP contribution in [0.3, 0.4) is 0 Å². The Morgan fingerprint density at radius 1 is 1.08 bits per heavy atom. The molecule has 0 heterocycles. The van der Waals surface area contributed by atoms with Gasteiger partial charge >= 0.3 is 21.6 Å². The van der Waals surface area contributed by atoms with Gasteiger partial charge in [0.25, 0.3) is 0 Å². The minimum Gasteiger partial charge on any atom is -0.469 e. The number of rotatable bonds is 3. The fourth-order valence-corrected chi connectivity index (χ4v) is 2.86. The molecule has 0 amide bonds. The minimum atomic E-state index is -5.59. The van der Waals surface area contributed by atoms with E-state index < -0.39 is 15.6 Å². The van der Waals surface area contributed by atoms with Gasteiger partial charge in [-0.2, -0.15) is 21.6 Å². The molecule has 0 aromatic heterocycles. The van der Waals surface area contributed by atoms with E-state index >= 15 is 0 Å². The molecule has 0 N–H and O–H groups in total. The summed E-state index contributed by atoms with van der Waals surface area (Å²) in [5.41, 5.74) is -4.39. The molecule has 1 aromatic rings. The molecule has 0 bridgehead atoms. The van der Waals surface area contributed by atoms with Crippen LogP contribution in [-0.4, -0.2) is 27.0 Å². The predicted octanol–water partition coefficient (Wildman–Crippen LogP) is 4.14. The maximum atomic E-state index is 12.2. The number of halogens is 3. The molecule has 1 aliphatic rings. The van der Waals surface area contributed by atoms with Crippen molar-refractivity contribution in [3.63, 3.8) is 0 Å². The van der Waals surface area contributed by atoms with Crippen molar-refractivity contribution in [3.05, 3.63) is 29.8 Å². The number of hydrogen-bond acceptors (Lipinski definition) is 5. The van der Waals surface area contributed by atoms with Gasteiger partial charge < -0.3 is 8.92 Å². The Morgan fingerprint density at radius 2 is 1.56 bits per heavy atom. The van der Waals surface area contributed by atoms with Gasteiger partial charge in [0, 0.05) is 6.92 Å². The summed E-state index contributed by atoms with van der Waals surface area (Å²) in [5.74, 6) is -0.163. The number of alkyl halides is 3. The first-order valence-electron chi connectivity index (χ1n) is 7.72. The van der Waals surface area contributed by atoms with E-state index in [1.807, 2.05) is 0 Å². The molecule has 0 radical (unpaired) electrons. The van der Waals surface area contributed by atoms with Crippen LogP contribution in [0.1, 0.15) is 50.5 Å². The van der Waals surface area contributed by atoms with Crippen LogP contribution in [0.25, 0.3) is 0 Å². The van der Waals surface area contributed by atoms with Gasteiger partial charge in [-0.05, 0) is 36.5 Å². The van der Waals surface area contributed by atoms with Crippen LogP contribution in [0, 0.1) is 0 Å². The average Bonchev–Trinajstić information content (AvgIpc) is 2.55. The van der Waals surface area contributed by atoms with Crippen molar-refractivity contribution in [2.45, 2.75) is 50.5 Å². The lowest BCUT2D eigenvalue weighted by Gasteiger charge is -2.22. The third-order valence-corrected chi connectivity index (χ3v) is 4.71. The van der Waals surface area contributed by atoms with Gasteiger partial charge in [0.05, 0.1) is 7.11 Å². The lowest BCUT2D eigenvalue weighted by molar-refractivity contribution is -0.137. The number of methoxy groups -OCH3 is 1. The third kappa shape index (κ3) is 6.93. The van der Waals surface area contributed by atoms with Crippen LogP contribution in [0.5, 0.6) is 5.75 Å². The lowest BCUT2D eigenvalue weighted by atomic mass is 9.84. The maximum absolute atomic E-state index is 12.2. The molecule has 0 spiro atoms. The molecule has 0 atom stereocenters. The van der Waals surface area contributed by atoms with Gasteiger partial charge in [0.15, 0.2) is 0 Å². The van der Waals surface area contributed by atoms with Gasteiger partial charge in [-0.15, -0.1) is 0 Å². The Labute approximate surface area is 145 Å². The summed E-state index contributed by atoms with van der Waals surface area (Å²) in [6.45, 7) is 1.36. The van der Waals surface area contributed by atoms with Gasteiger partial charge in [0.2, 0.25) is 0 Å². The molecule has 1 aliphatic carbocycles. The van der Waals surface area contributed by atoms with Crippen LogP contribution in [0.4, 0.5) is 13.2 Å². The highest BCUT2D eigenvalue weighted by atomic mass is 32.2. The molecule has 1 aromatic carbocycles. The largest absolute Gasteiger partial charge is 0.534 e. The van der Waals surface area contributed by atoms with Gasteiger partial charge in [-0.25, -0.2) is 0 Å². The summed E-state index contributed by atoms with van der Waals surface area (Å²) in [7, 11) is -4.24. The number of carbonyl (C=O) groups is 1. The number of hydrogen-bond donors (Lipinski definition) is 0. The number of esters is 1. The number of benzene rings is 1. The highest BCUT2D eigenvalue weighted by Gasteiger charge is 2.48.